The predicted octanol–water partition coefficient (Wildman–Crippen LogP) is 10.2. The largest absolute Gasteiger partial charge is 0.460 e. The van der Waals surface area contributed by atoms with Gasteiger partial charge in [-0.3, -0.25) is 0 Å². The molecule has 0 unspecified atom stereocenters. The second kappa shape index (κ2) is 26.4. The summed E-state index contributed by atoms with van der Waals surface area (Å²) >= 11 is 0. The van der Waals surface area contributed by atoms with Gasteiger partial charge < -0.3 is 75.9 Å². The summed E-state index contributed by atoms with van der Waals surface area (Å²) < 4.78 is 40.7. The maximum atomic E-state index is 6.90. The van der Waals surface area contributed by atoms with E-state index in [1.807, 2.05) is 0 Å². The first kappa shape index (κ1) is 72.3. The van der Waals surface area contributed by atoms with Crippen LogP contribution < -0.4 is 75.9 Å². The lowest BCUT2D eigenvalue weighted by molar-refractivity contribution is 0.0402. The first-order chi connectivity index (χ1) is 42.6. The van der Waals surface area contributed by atoms with Crippen molar-refractivity contribution in [2.45, 2.75) is 359 Å². The summed E-state index contributed by atoms with van der Waals surface area (Å²) in [5.41, 5.74) is -1.92. The minimum atomic E-state index is -0.179. The number of nitrogens with one attached hydrogen (secondary N) is 8. The van der Waals surface area contributed by atoms with Gasteiger partial charge in [0.1, 0.15) is 36.6 Å². The van der Waals surface area contributed by atoms with E-state index >= 15 is 0 Å². The van der Waals surface area contributed by atoms with Gasteiger partial charge in [0.2, 0.25) is 17.8 Å². The van der Waals surface area contributed by atoms with Crippen LogP contribution in [0.1, 0.15) is 256 Å². The van der Waals surface area contributed by atoms with E-state index in [0.717, 1.165) is 77.0 Å². The summed E-state index contributed by atoms with van der Waals surface area (Å²) in [5, 5.41) is 29.8. The molecule has 0 radical (unpaired) electrons. The molecule has 6 aliphatic rings. The second-order valence-corrected chi connectivity index (χ2v) is 36.4. The van der Waals surface area contributed by atoms with Gasteiger partial charge in [-0.15, -0.1) is 15.0 Å². The Morgan fingerprint density at radius 1 is 0.280 bits per heavy atom. The molecular weight excluding hydrogens is 1180 g/mol. The fourth-order valence-corrected chi connectivity index (χ4v) is 17.6. The summed E-state index contributed by atoms with van der Waals surface area (Å²) in [4.78, 5) is 46.8. The van der Waals surface area contributed by atoms with E-state index in [9.17, 15) is 0 Å². The number of piperidine rings is 6. The Balaban J connectivity index is 1.00. The molecule has 9 heterocycles. The van der Waals surface area contributed by atoms with Crippen molar-refractivity contribution in [3.05, 3.63) is 0 Å². The van der Waals surface area contributed by atoms with Crippen LogP contribution in [0.4, 0.5) is 17.8 Å². The molecule has 0 amide bonds. The van der Waals surface area contributed by atoms with Gasteiger partial charge in [-0.2, -0.15) is 29.9 Å². The Labute approximate surface area is 557 Å². The number of anilines is 3. The average Bonchev–Trinajstić information content (AvgIpc) is 0.860. The quantitative estimate of drug-likeness (QED) is 0.0410. The molecule has 24 heteroatoms. The third kappa shape index (κ3) is 22.0. The minimum absolute atomic E-state index is 0.127. The van der Waals surface area contributed by atoms with Gasteiger partial charge in [-0.1, -0.05) is 0 Å². The summed E-state index contributed by atoms with van der Waals surface area (Å²) in [6, 6.07) is 1.43. The third-order valence-electron chi connectivity index (χ3n) is 18.4. The molecule has 0 aromatic carbocycles. The van der Waals surface area contributed by atoms with E-state index < -0.39 is 0 Å². The van der Waals surface area contributed by atoms with Gasteiger partial charge in [0.05, 0.1) is 0 Å². The van der Waals surface area contributed by atoms with Crippen molar-refractivity contribution < 1.29 is 28.4 Å². The van der Waals surface area contributed by atoms with Crippen LogP contribution in [0.25, 0.3) is 0 Å². The van der Waals surface area contributed by atoms with Crippen molar-refractivity contribution in [1.29, 1.82) is 0 Å². The number of rotatable bonds is 23. The van der Waals surface area contributed by atoms with Crippen LogP contribution in [0, 0.1) is 0 Å². The highest BCUT2D eigenvalue weighted by atomic mass is 16.5. The Morgan fingerprint density at radius 3 is 0.634 bits per heavy atom. The molecule has 3 aromatic rings. The lowest BCUT2D eigenvalue weighted by Crippen LogP contribution is -2.60. The molecule has 8 N–H and O–H groups in total. The molecule has 524 valence electrons. The van der Waals surface area contributed by atoms with Gasteiger partial charge in [-0.25, -0.2) is 0 Å². The Hall–Kier alpha value is -5.01. The smallest absolute Gasteiger partial charge is 0.324 e. The lowest BCUT2D eigenvalue weighted by Gasteiger charge is -2.46. The molecule has 24 nitrogen and oxygen atoms in total. The third-order valence-corrected chi connectivity index (χ3v) is 18.4. The average molecular weight is 1300 g/mol. The molecule has 0 aliphatic carbocycles. The van der Waals surface area contributed by atoms with Crippen molar-refractivity contribution in [2.24, 2.45) is 0 Å². The van der Waals surface area contributed by atoms with Gasteiger partial charge in [-0.05, 0) is 179 Å². The van der Waals surface area contributed by atoms with Crippen molar-refractivity contribution in [3.8, 4) is 36.1 Å². The van der Waals surface area contributed by atoms with Crippen LogP contribution in [-0.2, 0) is 0 Å². The van der Waals surface area contributed by atoms with E-state index in [4.69, 9.17) is 73.3 Å². The first-order valence-electron chi connectivity index (χ1n) is 34.9. The van der Waals surface area contributed by atoms with Crippen molar-refractivity contribution in [3.63, 3.8) is 0 Å². The highest BCUT2D eigenvalue weighted by Crippen LogP contribution is 2.38. The predicted molar refractivity (Wildman–Crippen MR) is 368 cm³/mol. The Bertz CT molecular complexity index is 2630. The van der Waals surface area contributed by atoms with E-state index in [0.29, 0.717) is 56.9 Å². The van der Waals surface area contributed by atoms with E-state index in [-0.39, 0.29) is 139 Å². The lowest BCUT2D eigenvalue weighted by atomic mass is 9.81. The zero-order valence-electron chi connectivity index (χ0n) is 61.6. The highest BCUT2D eigenvalue weighted by Gasteiger charge is 2.45. The van der Waals surface area contributed by atoms with Gasteiger partial charge in [0.15, 0.2) is 0 Å². The minimum Gasteiger partial charge on any atom is -0.460 e. The maximum Gasteiger partial charge on any atom is 0.324 e. The molecule has 3 aromatic heterocycles. The summed E-state index contributed by atoms with van der Waals surface area (Å²) in [7, 11) is 0. The van der Waals surface area contributed by atoms with Crippen LogP contribution in [0.5, 0.6) is 36.1 Å². The molecular formula is C69H122N18O6. The molecule has 93 heavy (non-hydrogen) atoms. The number of hydrogen-bond donors (Lipinski definition) is 8. The van der Waals surface area contributed by atoms with Crippen molar-refractivity contribution in [1.82, 2.24) is 76.8 Å². The summed E-state index contributed by atoms with van der Waals surface area (Å²) in [6.45, 7) is 55.2. The topological polar surface area (TPSA) is 271 Å². The first-order valence-corrected chi connectivity index (χ1v) is 34.9. The molecule has 0 spiro atoms. The number of nitrogens with zero attached hydrogens (tertiary/aromatic N) is 10. The number of aromatic nitrogens is 9. The molecule has 9 rings (SSSR count). The molecule has 0 saturated carbocycles. The van der Waals surface area contributed by atoms with E-state index in [1.54, 1.807) is 0 Å². The molecule has 6 aliphatic heterocycles. The van der Waals surface area contributed by atoms with Crippen LogP contribution in [-0.4, -0.2) is 174 Å². The SMILES string of the molecule is CC1(C)CC(Oc2nc(NCCCN(CCCNc3nc(OC4CC(C)(C)NC(C)(C)C4)nc(OC4CC(C)(C)NC(C)(C)C4)n3)c3nc(OC4CC(C)(C)NC(C)(C)C4)nc(OC4CC(C)(C)NC(C)(C)C4)n3)nc(OC3CC(C)(C)NC(C)(C)C3)n2)CC(C)(C)N1. The van der Waals surface area contributed by atoms with Crippen LogP contribution in [0.15, 0.2) is 0 Å². The highest BCUT2D eigenvalue weighted by molar-refractivity contribution is 5.34. The second-order valence-electron chi connectivity index (χ2n) is 36.4. The molecule has 6 saturated heterocycles. The van der Waals surface area contributed by atoms with Crippen LogP contribution >= 0.6 is 0 Å². The van der Waals surface area contributed by atoms with Crippen molar-refractivity contribution in [2.75, 3.05) is 41.7 Å². The number of ether oxygens (including phenoxy) is 6. The molecule has 0 bridgehead atoms. The van der Waals surface area contributed by atoms with E-state index in [2.05, 4.69) is 214 Å². The van der Waals surface area contributed by atoms with Gasteiger partial charge in [0, 0.05) is 170 Å². The molecule has 6 fully saturated rings. The fraction of sp³-hybridized carbons (Fsp3) is 0.870. The zero-order valence-corrected chi connectivity index (χ0v) is 61.6. The van der Waals surface area contributed by atoms with Gasteiger partial charge in [0.25, 0.3) is 0 Å². The number of hydrogen-bond acceptors (Lipinski definition) is 24. The Kier molecular flexibility index (Phi) is 20.5. The Morgan fingerprint density at radius 2 is 0.452 bits per heavy atom. The summed E-state index contributed by atoms with van der Waals surface area (Å²) in [5.74, 6) is 1.21. The van der Waals surface area contributed by atoms with Crippen LogP contribution in [0.3, 0.4) is 0 Å². The van der Waals surface area contributed by atoms with Crippen molar-refractivity contribution >= 4 is 17.8 Å². The van der Waals surface area contributed by atoms with Gasteiger partial charge >= 0.3 is 36.1 Å². The maximum absolute atomic E-state index is 6.90. The van der Waals surface area contributed by atoms with E-state index in [1.165, 1.54) is 0 Å². The standard InChI is InChI=1S/C69H122N18O6/c1-58(2)31-43(32-59(3,4)81-58)88-52-72-49(73-53(78-52)89-44-33-60(5,6)82-61(7,8)34-44)70-27-25-29-87(51-76-56(92-47-39-66(17,18)85-67(19,20)40-47)80-57(77-51)93-48-41-68(21,22)86-69(23,24)42-48)30-26-28-71-50-74-54(90-45-35-62(9,10)83-63(11,12)36-45)79-55(75-50)91-46-37-64(13,14)84-65(15,16)38-46/h43-48,81-86H,25-42H2,1-24H3,(H,70,72,73,78)(H,71,74,75,79). The normalized spacial score (nSPS) is 25.5. The zero-order chi connectivity index (χ0) is 68.2. The summed E-state index contributed by atoms with van der Waals surface area (Å²) in [6.07, 6.45) is 9.78. The molecule has 0 atom stereocenters. The van der Waals surface area contributed by atoms with Crippen LogP contribution in [0.2, 0.25) is 0 Å². The monoisotopic (exact) mass is 1300 g/mol. The fourth-order valence-electron chi connectivity index (χ4n) is 17.6.